The third-order valence-electron chi connectivity index (χ3n) is 3.65. The lowest BCUT2D eigenvalue weighted by molar-refractivity contribution is 0.266. The van der Waals surface area contributed by atoms with Crippen molar-refractivity contribution in [2.45, 2.75) is 53.5 Å². The van der Waals surface area contributed by atoms with E-state index in [9.17, 15) is 0 Å². The van der Waals surface area contributed by atoms with E-state index in [1.165, 1.54) is 37.1 Å². The minimum absolute atomic E-state index is 0.732. The van der Waals surface area contributed by atoms with E-state index in [1.54, 1.807) is 0 Å². The van der Waals surface area contributed by atoms with E-state index in [0.717, 1.165) is 32.0 Å². The minimum atomic E-state index is 0.732. The molecular weight excluding hydrogens is 256 g/mol. The second-order valence-electron chi connectivity index (χ2n) is 6.44. The Morgan fingerprint density at radius 1 is 0.952 bits per heavy atom. The molecule has 0 amide bonds. The van der Waals surface area contributed by atoms with Crippen molar-refractivity contribution in [1.82, 2.24) is 10.2 Å². The van der Waals surface area contributed by atoms with Crippen LogP contribution in [0.5, 0.6) is 0 Å². The summed E-state index contributed by atoms with van der Waals surface area (Å²) in [6.45, 7) is 14.7. The zero-order valence-corrected chi connectivity index (χ0v) is 14.5. The van der Waals surface area contributed by atoms with Gasteiger partial charge in [-0.2, -0.15) is 0 Å². The molecule has 0 bridgehead atoms. The second kappa shape index (κ2) is 10.8. The van der Waals surface area contributed by atoms with Crippen LogP contribution in [0.15, 0.2) is 24.3 Å². The first kappa shape index (κ1) is 18.2. The van der Waals surface area contributed by atoms with Crippen LogP contribution in [-0.4, -0.2) is 31.1 Å². The number of hydrogen-bond acceptors (Lipinski definition) is 2. The van der Waals surface area contributed by atoms with Gasteiger partial charge in [0.2, 0.25) is 0 Å². The molecule has 1 aromatic carbocycles. The molecule has 2 nitrogen and oxygen atoms in total. The Hall–Kier alpha value is -0.860. The second-order valence-corrected chi connectivity index (χ2v) is 6.44. The Morgan fingerprint density at radius 3 is 2.05 bits per heavy atom. The molecule has 0 saturated heterocycles. The Bertz CT molecular complexity index is 350. The number of hydrogen-bond donors (Lipinski definition) is 1. The molecule has 0 aromatic heterocycles. The summed E-state index contributed by atoms with van der Waals surface area (Å²) in [6, 6.07) is 9.19. The number of benzene rings is 1. The first-order valence-corrected chi connectivity index (χ1v) is 8.66. The van der Waals surface area contributed by atoms with Crippen molar-refractivity contribution in [1.29, 1.82) is 0 Å². The van der Waals surface area contributed by atoms with Gasteiger partial charge in [0.1, 0.15) is 0 Å². The largest absolute Gasteiger partial charge is 0.316 e. The Labute approximate surface area is 131 Å². The molecule has 0 saturated carbocycles. The standard InChI is InChI=1S/C19H34N2/c1-5-13-21(14-6-2)16-19-9-7-18(8-10-19)11-12-20-15-17(3)4/h7-10,17,20H,5-6,11-16H2,1-4H3. The van der Waals surface area contributed by atoms with Gasteiger partial charge < -0.3 is 5.32 Å². The van der Waals surface area contributed by atoms with Gasteiger partial charge in [-0.15, -0.1) is 0 Å². The molecule has 0 spiro atoms. The van der Waals surface area contributed by atoms with Crippen molar-refractivity contribution in [3.05, 3.63) is 35.4 Å². The number of nitrogens with zero attached hydrogens (tertiary/aromatic N) is 1. The fraction of sp³-hybridized carbons (Fsp3) is 0.684. The van der Waals surface area contributed by atoms with Crippen LogP contribution in [-0.2, 0) is 13.0 Å². The van der Waals surface area contributed by atoms with Crippen LogP contribution in [0, 0.1) is 5.92 Å². The maximum atomic E-state index is 3.51. The van der Waals surface area contributed by atoms with Crippen LogP contribution in [0.4, 0.5) is 0 Å². The Morgan fingerprint density at radius 2 is 1.52 bits per heavy atom. The maximum absolute atomic E-state index is 3.51. The van der Waals surface area contributed by atoms with Crippen molar-refractivity contribution >= 4 is 0 Å². The summed E-state index contributed by atoms with van der Waals surface area (Å²) in [4.78, 5) is 2.55. The molecule has 0 aliphatic carbocycles. The van der Waals surface area contributed by atoms with Crippen molar-refractivity contribution in [2.24, 2.45) is 5.92 Å². The fourth-order valence-corrected chi connectivity index (χ4v) is 2.60. The normalized spacial score (nSPS) is 11.5. The van der Waals surface area contributed by atoms with Crippen molar-refractivity contribution < 1.29 is 0 Å². The first-order valence-electron chi connectivity index (χ1n) is 8.66. The summed E-state index contributed by atoms with van der Waals surface area (Å²) in [5, 5.41) is 3.51. The zero-order chi connectivity index (χ0) is 15.5. The van der Waals surface area contributed by atoms with Crippen LogP contribution in [0.2, 0.25) is 0 Å². The molecule has 0 atom stereocenters. The van der Waals surface area contributed by atoms with Gasteiger partial charge in [-0.05, 0) is 62.5 Å². The molecular formula is C19H34N2. The lowest BCUT2D eigenvalue weighted by Gasteiger charge is -2.21. The van der Waals surface area contributed by atoms with Crippen LogP contribution < -0.4 is 5.32 Å². The summed E-state index contributed by atoms with van der Waals surface area (Å²) in [5.41, 5.74) is 2.88. The molecule has 1 N–H and O–H groups in total. The average molecular weight is 290 g/mol. The summed E-state index contributed by atoms with van der Waals surface area (Å²) in [5.74, 6) is 0.732. The van der Waals surface area contributed by atoms with E-state index in [4.69, 9.17) is 0 Å². The molecule has 120 valence electrons. The first-order chi connectivity index (χ1) is 10.2. The smallest absolute Gasteiger partial charge is 0.0233 e. The minimum Gasteiger partial charge on any atom is -0.316 e. The van der Waals surface area contributed by atoms with Crippen LogP contribution in [0.25, 0.3) is 0 Å². The average Bonchev–Trinajstić information content (AvgIpc) is 2.45. The van der Waals surface area contributed by atoms with Gasteiger partial charge in [0, 0.05) is 6.54 Å². The van der Waals surface area contributed by atoms with Crippen LogP contribution in [0.3, 0.4) is 0 Å². The van der Waals surface area contributed by atoms with Crippen molar-refractivity contribution in [3.63, 3.8) is 0 Å². The zero-order valence-electron chi connectivity index (χ0n) is 14.5. The third kappa shape index (κ3) is 8.23. The van der Waals surface area contributed by atoms with Gasteiger partial charge in [0.15, 0.2) is 0 Å². The van der Waals surface area contributed by atoms with Crippen molar-refractivity contribution in [3.8, 4) is 0 Å². The third-order valence-corrected chi connectivity index (χ3v) is 3.65. The monoisotopic (exact) mass is 290 g/mol. The van der Waals surface area contributed by atoms with E-state index in [0.29, 0.717) is 0 Å². The lowest BCUT2D eigenvalue weighted by atomic mass is 10.1. The van der Waals surface area contributed by atoms with Gasteiger partial charge in [-0.1, -0.05) is 52.0 Å². The molecule has 0 fully saturated rings. The lowest BCUT2D eigenvalue weighted by Crippen LogP contribution is -2.24. The molecule has 1 rings (SSSR count). The van der Waals surface area contributed by atoms with E-state index in [2.05, 4.69) is 62.2 Å². The van der Waals surface area contributed by atoms with Gasteiger partial charge in [-0.3, -0.25) is 4.90 Å². The highest BCUT2D eigenvalue weighted by Gasteiger charge is 2.04. The van der Waals surface area contributed by atoms with E-state index in [1.807, 2.05) is 0 Å². The highest BCUT2D eigenvalue weighted by atomic mass is 15.1. The molecule has 0 aliphatic rings. The topological polar surface area (TPSA) is 15.3 Å². The molecule has 21 heavy (non-hydrogen) atoms. The van der Waals surface area contributed by atoms with Crippen LogP contribution >= 0.6 is 0 Å². The maximum Gasteiger partial charge on any atom is 0.0233 e. The highest BCUT2D eigenvalue weighted by Crippen LogP contribution is 2.09. The van der Waals surface area contributed by atoms with Crippen molar-refractivity contribution in [2.75, 3.05) is 26.2 Å². The molecule has 0 aliphatic heterocycles. The predicted octanol–water partition coefficient (Wildman–Crippen LogP) is 4.10. The SMILES string of the molecule is CCCN(CCC)Cc1ccc(CCNCC(C)C)cc1. The molecule has 0 unspecified atom stereocenters. The summed E-state index contributed by atoms with van der Waals surface area (Å²) in [7, 11) is 0. The Balaban J connectivity index is 2.38. The fourth-order valence-electron chi connectivity index (χ4n) is 2.60. The molecule has 0 radical (unpaired) electrons. The summed E-state index contributed by atoms with van der Waals surface area (Å²) < 4.78 is 0. The van der Waals surface area contributed by atoms with Gasteiger partial charge in [-0.25, -0.2) is 0 Å². The number of rotatable bonds is 11. The van der Waals surface area contributed by atoms with Crippen LogP contribution in [0.1, 0.15) is 51.7 Å². The summed E-state index contributed by atoms with van der Waals surface area (Å²) >= 11 is 0. The van der Waals surface area contributed by atoms with E-state index < -0.39 is 0 Å². The molecule has 0 heterocycles. The highest BCUT2D eigenvalue weighted by molar-refractivity contribution is 5.22. The Kier molecular flexibility index (Phi) is 9.36. The molecule has 1 aromatic rings. The van der Waals surface area contributed by atoms with Gasteiger partial charge in [0.25, 0.3) is 0 Å². The van der Waals surface area contributed by atoms with E-state index in [-0.39, 0.29) is 0 Å². The predicted molar refractivity (Wildman–Crippen MR) is 93.7 cm³/mol. The molecule has 2 heteroatoms. The number of nitrogens with one attached hydrogen (secondary N) is 1. The quantitative estimate of drug-likeness (QED) is 0.617. The van der Waals surface area contributed by atoms with E-state index >= 15 is 0 Å². The van der Waals surface area contributed by atoms with Gasteiger partial charge in [0.05, 0.1) is 0 Å². The summed E-state index contributed by atoms with van der Waals surface area (Å²) in [6.07, 6.45) is 3.60. The van der Waals surface area contributed by atoms with Gasteiger partial charge >= 0.3 is 0 Å².